The molecule has 1 aromatic carbocycles. The van der Waals surface area contributed by atoms with Gasteiger partial charge in [0.25, 0.3) is 0 Å². The molecule has 2 heterocycles. The number of hydrogen-bond acceptors (Lipinski definition) is 4. The summed E-state index contributed by atoms with van der Waals surface area (Å²) in [6.07, 6.45) is 1.92. The van der Waals surface area contributed by atoms with E-state index >= 15 is 0 Å². The van der Waals surface area contributed by atoms with Gasteiger partial charge in [-0.1, -0.05) is 23.8 Å². The van der Waals surface area contributed by atoms with E-state index in [1.165, 1.54) is 16.7 Å². The fourth-order valence-electron chi connectivity index (χ4n) is 3.02. The summed E-state index contributed by atoms with van der Waals surface area (Å²) in [6, 6.07) is 8.95. The van der Waals surface area contributed by atoms with Gasteiger partial charge in [-0.2, -0.15) is 5.10 Å². The molecular weight excluding hydrogens is 288 g/mol. The average Bonchev–Trinajstić information content (AvgIpc) is 3.02. The van der Waals surface area contributed by atoms with Gasteiger partial charge in [0.05, 0.1) is 25.1 Å². The van der Waals surface area contributed by atoms with Crippen molar-refractivity contribution in [2.24, 2.45) is 0 Å². The highest BCUT2D eigenvalue weighted by Gasteiger charge is 2.14. The summed E-state index contributed by atoms with van der Waals surface area (Å²) in [4.78, 5) is 2.46. The van der Waals surface area contributed by atoms with Crippen LogP contribution in [0.2, 0.25) is 0 Å². The molecule has 1 aliphatic heterocycles. The SMILES string of the molecule is Cc1cccc(-c2[nH]ncc2CNC(C)CN2CCOCC2)c1. The topological polar surface area (TPSA) is 53.2 Å². The Morgan fingerprint density at radius 2 is 2.17 bits per heavy atom. The van der Waals surface area contributed by atoms with Crippen molar-refractivity contribution < 1.29 is 4.74 Å². The number of nitrogens with one attached hydrogen (secondary N) is 2. The third kappa shape index (κ3) is 4.41. The van der Waals surface area contributed by atoms with Crippen molar-refractivity contribution in [3.63, 3.8) is 0 Å². The van der Waals surface area contributed by atoms with Crippen molar-refractivity contribution in [3.05, 3.63) is 41.6 Å². The van der Waals surface area contributed by atoms with E-state index in [0.29, 0.717) is 6.04 Å². The van der Waals surface area contributed by atoms with Crippen molar-refractivity contribution in [2.75, 3.05) is 32.8 Å². The molecule has 1 aromatic heterocycles. The van der Waals surface area contributed by atoms with Crippen LogP contribution in [0.5, 0.6) is 0 Å². The maximum absolute atomic E-state index is 5.40. The maximum Gasteiger partial charge on any atom is 0.0695 e. The third-order valence-corrected chi connectivity index (χ3v) is 4.30. The smallest absolute Gasteiger partial charge is 0.0695 e. The molecule has 1 fully saturated rings. The normalized spacial score (nSPS) is 17.3. The number of hydrogen-bond donors (Lipinski definition) is 2. The molecule has 5 nitrogen and oxygen atoms in total. The number of aromatic amines is 1. The first kappa shape index (κ1) is 16.2. The second-order valence-electron chi connectivity index (χ2n) is 6.33. The standard InChI is InChI=1S/C18H26N4O/c1-14-4-3-5-16(10-14)18-17(12-20-21-18)11-19-15(2)13-22-6-8-23-9-7-22/h3-5,10,12,15,19H,6-9,11,13H2,1-2H3,(H,20,21). The molecule has 0 saturated carbocycles. The lowest BCUT2D eigenvalue weighted by atomic mass is 10.1. The summed E-state index contributed by atoms with van der Waals surface area (Å²) in [7, 11) is 0. The Balaban J connectivity index is 1.57. The van der Waals surface area contributed by atoms with Crippen molar-refractivity contribution in [3.8, 4) is 11.3 Å². The Hall–Kier alpha value is -1.69. The van der Waals surface area contributed by atoms with Gasteiger partial charge in [0.1, 0.15) is 0 Å². The van der Waals surface area contributed by atoms with E-state index in [0.717, 1.165) is 45.1 Å². The van der Waals surface area contributed by atoms with E-state index in [1.54, 1.807) is 0 Å². The molecule has 23 heavy (non-hydrogen) atoms. The van der Waals surface area contributed by atoms with E-state index in [4.69, 9.17) is 4.74 Å². The predicted octanol–water partition coefficient (Wildman–Crippen LogP) is 2.20. The Labute approximate surface area is 138 Å². The number of rotatable bonds is 6. The summed E-state index contributed by atoms with van der Waals surface area (Å²) in [6.45, 7) is 10.0. The molecular formula is C18H26N4O. The van der Waals surface area contributed by atoms with Crippen LogP contribution in [-0.4, -0.2) is 54.0 Å². The van der Waals surface area contributed by atoms with Gasteiger partial charge in [-0.3, -0.25) is 10.00 Å². The Kier molecular flexibility index (Phi) is 5.43. The minimum absolute atomic E-state index is 0.438. The lowest BCUT2D eigenvalue weighted by Gasteiger charge is -2.29. The lowest BCUT2D eigenvalue weighted by Crippen LogP contribution is -2.44. The van der Waals surface area contributed by atoms with Crippen LogP contribution in [0.15, 0.2) is 30.5 Å². The van der Waals surface area contributed by atoms with E-state index in [-0.39, 0.29) is 0 Å². The van der Waals surface area contributed by atoms with Crippen LogP contribution in [0.3, 0.4) is 0 Å². The quantitative estimate of drug-likeness (QED) is 0.858. The minimum atomic E-state index is 0.438. The first-order valence-electron chi connectivity index (χ1n) is 8.35. The first-order valence-corrected chi connectivity index (χ1v) is 8.35. The minimum Gasteiger partial charge on any atom is -0.379 e. The number of morpholine rings is 1. The zero-order valence-electron chi connectivity index (χ0n) is 14.0. The highest BCUT2D eigenvalue weighted by molar-refractivity contribution is 5.63. The van der Waals surface area contributed by atoms with Gasteiger partial charge in [-0.15, -0.1) is 0 Å². The Bertz CT molecular complexity index is 619. The molecule has 0 spiro atoms. The molecule has 0 bridgehead atoms. The van der Waals surface area contributed by atoms with Crippen LogP contribution >= 0.6 is 0 Å². The molecule has 3 rings (SSSR count). The zero-order valence-corrected chi connectivity index (χ0v) is 14.0. The molecule has 1 unspecified atom stereocenters. The molecule has 1 atom stereocenters. The molecule has 0 aliphatic carbocycles. The zero-order chi connectivity index (χ0) is 16.1. The summed E-state index contributed by atoms with van der Waals surface area (Å²) in [5, 5.41) is 11.0. The summed E-state index contributed by atoms with van der Waals surface area (Å²) < 4.78 is 5.40. The molecule has 124 valence electrons. The van der Waals surface area contributed by atoms with Crippen molar-refractivity contribution in [1.82, 2.24) is 20.4 Å². The van der Waals surface area contributed by atoms with Crippen LogP contribution in [-0.2, 0) is 11.3 Å². The van der Waals surface area contributed by atoms with Gasteiger partial charge < -0.3 is 10.1 Å². The highest BCUT2D eigenvalue weighted by atomic mass is 16.5. The number of benzene rings is 1. The van der Waals surface area contributed by atoms with Gasteiger partial charge in [-0.05, 0) is 19.9 Å². The van der Waals surface area contributed by atoms with Crippen LogP contribution in [0, 0.1) is 6.92 Å². The number of nitrogens with zero attached hydrogens (tertiary/aromatic N) is 2. The van der Waals surface area contributed by atoms with Crippen molar-refractivity contribution in [2.45, 2.75) is 26.4 Å². The van der Waals surface area contributed by atoms with Crippen molar-refractivity contribution in [1.29, 1.82) is 0 Å². The summed E-state index contributed by atoms with van der Waals surface area (Å²) in [5.74, 6) is 0. The molecule has 0 amide bonds. The lowest BCUT2D eigenvalue weighted by molar-refractivity contribution is 0.0343. The van der Waals surface area contributed by atoms with Gasteiger partial charge in [0.2, 0.25) is 0 Å². The van der Waals surface area contributed by atoms with Gasteiger partial charge in [-0.25, -0.2) is 0 Å². The van der Waals surface area contributed by atoms with Crippen LogP contribution in [0.25, 0.3) is 11.3 Å². The van der Waals surface area contributed by atoms with Crippen LogP contribution in [0.4, 0.5) is 0 Å². The number of ether oxygens (including phenoxy) is 1. The number of aromatic nitrogens is 2. The monoisotopic (exact) mass is 314 g/mol. The Morgan fingerprint density at radius 1 is 1.35 bits per heavy atom. The fourth-order valence-corrected chi connectivity index (χ4v) is 3.02. The van der Waals surface area contributed by atoms with Gasteiger partial charge >= 0.3 is 0 Å². The predicted molar refractivity (Wildman–Crippen MR) is 92.3 cm³/mol. The fraction of sp³-hybridized carbons (Fsp3) is 0.500. The Morgan fingerprint density at radius 3 is 2.96 bits per heavy atom. The van der Waals surface area contributed by atoms with Crippen LogP contribution in [0.1, 0.15) is 18.1 Å². The van der Waals surface area contributed by atoms with E-state index < -0.39 is 0 Å². The van der Waals surface area contributed by atoms with E-state index in [2.05, 4.69) is 58.5 Å². The molecule has 2 aromatic rings. The summed E-state index contributed by atoms with van der Waals surface area (Å²) >= 11 is 0. The maximum atomic E-state index is 5.40. The van der Waals surface area contributed by atoms with Crippen molar-refractivity contribution >= 4 is 0 Å². The molecule has 5 heteroatoms. The van der Waals surface area contributed by atoms with Crippen LogP contribution < -0.4 is 5.32 Å². The first-order chi connectivity index (χ1) is 11.2. The van der Waals surface area contributed by atoms with E-state index in [9.17, 15) is 0 Å². The largest absolute Gasteiger partial charge is 0.379 e. The second-order valence-corrected chi connectivity index (χ2v) is 6.33. The van der Waals surface area contributed by atoms with Gasteiger partial charge in [0.15, 0.2) is 0 Å². The third-order valence-electron chi connectivity index (χ3n) is 4.30. The molecule has 1 saturated heterocycles. The number of H-pyrrole nitrogens is 1. The number of aryl methyl sites for hydroxylation is 1. The van der Waals surface area contributed by atoms with Gasteiger partial charge in [0, 0.05) is 43.3 Å². The van der Waals surface area contributed by atoms with E-state index in [1.807, 2.05) is 6.20 Å². The molecule has 0 radical (unpaired) electrons. The highest BCUT2D eigenvalue weighted by Crippen LogP contribution is 2.21. The second kappa shape index (κ2) is 7.73. The molecule has 1 aliphatic rings. The summed E-state index contributed by atoms with van der Waals surface area (Å²) in [5.41, 5.74) is 4.78. The average molecular weight is 314 g/mol. The molecule has 2 N–H and O–H groups in total.